The van der Waals surface area contributed by atoms with Crippen LogP contribution in [0, 0.1) is 27.7 Å². The van der Waals surface area contributed by atoms with Gasteiger partial charge in [0.2, 0.25) is 0 Å². The van der Waals surface area contributed by atoms with Crippen LogP contribution >= 0.6 is 0 Å². The topological polar surface area (TPSA) is 17.1 Å². The van der Waals surface area contributed by atoms with E-state index in [0.29, 0.717) is 6.42 Å². The van der Waals surface area contributed by atoms with Gasteiger partial charge in [-0.05, 0) is 51.8 Å². The second-order valence-electron chi connectivity index (χ2n) is 5.80. The van der Waals surface area contributed by atoms with Crippen molar-refractivity contribution in [1.82, 2.24) is 0 Å². The van der Waals surface area contributed by atoms with Crippen LogP contribution in [0.4, 0.5) is 0 Å². The Morgan fingerprint density at radius 3 is 1.70 bits per heavy atom. The molecular formula is C19H22O. The second kappa shape index (κ2) is 6.04. The SMILES string of the molecule is Cc1cc(C)cc(CCC(=O)c2cc(C)cc(C)c2)c1. The van der Waals surface area contributed by atoms with Gasteiger partial charge in [0.05, 0.1) is 0 Å². The smallest absolute Gasteiger partial charge is 0.163 e. The average Bonchev–Trinajstić information content (AvgIpc) is 2.33. The quantitative estimate of drug-likeness (QED) is 0.731. The van der Waals surface area contributed by atoms with Crippen LogP contribution in [0.25, 0.3) is 0 Å². The van der Waals surface area contributed by atoms with E-state index >= 15 is 0 Å². The molecule has 0 fully saturated rings. The molecule has 0 amide bonds. The predicted octanol–water partition coefficient (Wildman–Crippen LogP) is 4.74. The number of aryl methyl sites for hydroxylation is 5. The summed E-state index contributed by atoms with van der Waals surface area (Å²) in [7, 11) is 0. The molecule has 0 bridgehead atoms. The van der Waals surface area contributed by atoms with Gasteiger partial charge in [0.15, 0.2) is 5.78 Å². The van der Waals surface area contributed by atoms with Crippen LogP contribution < -0.4 is 0 Å². The molecule has 0 heterocycles. The van der Waals surface area contributed by atoms with Crippen LogP contribution in [0.2, 0.25) is 0 Å². The zero-order valence-corrected chi connectivity index (χ0v) is 12.8. The standard InChI is InChI=1S/C19H22O/c1-13-7-14(2)10-17(9-13)5-6-19(20)18-11-15(3)8-16(4)12-18/h7-12H,5-6H2,1-4H3. The third kappa shape index (κ3) is 3.80. The van der Waals surface area contributed by atoms with Gasteiger partial charge in [-0.15, -0.1) is 0 Å². The molecule has 0 unspecified atom stereocenters. The molecule has 0 aliphatic heterocycles. The van der Waals surface area contributed by atoms with Crippen LogP contribution in [0.15, 0.2) is 36.4 Å². The van der Waals surface area contributed by atoms with Gasteiger partial charge in [0.25, 0.3) is 0 Å². The van der Waals surface area contributed by atoms with Crippen molar-refractivity contribution in [1.29, 1.82) is 0 Å². The number of Topliss-reactive ketones (excluding diaryl/α,β-unsaturated/α-hetero) is 1. The molecule has 1 nitrogen and oxygen atoms in total. The molecule has 0 atom stereocenters. The number of benzene rings is 2. The van der Waals surface area contributed by atoms with Crippen molar-refractivity contribution in [3.05, 3.63) is 69.8 Å². The first kappa shape index (κ1) is 14.5. The maximum Gasteiger partial charge on any atom is 0.163 e. The molecule has 0 saturated heterocycles. The monoisotopic (exact) mass is 266 g/mol. The van der Waals surface area contributed by atoms with E-state index in [1.807, 2.05) is 26.0 Å². The number of rotatable bonds is 4. The summed E-state index contributed by atoms with van der Waals surface area (Å²) in [6.07, 6.45) is 1.39. The normalized spacial score (nSPS) is 10.6. The Kier molecular flexibility index (Phi) is 4.39. The fourth-order valence-electron chi connectivity index (χ4n) is 2.75. The number of carbonyl (C=O) groups is 1. The van der Waals surface area contributed by atoms with Gasteiger partial charge in [-0.2, -0.15) is 0 Å². The fourth-order valence-corrected chi connectivity index (χ4v) is 2.75. The van der Waals surface area contributed by atoms with E-state index in [1.165, 1.54) is 16.7 Å². The van der Waals surface area contributed by atoms with Gasteiger partial charge in [0.1, 0.15) is 0 Å². The molecule has 0 aromatic heterocycles. The molecule has 0 radical (unpaired) electrons. The number of hydrogen-bond acceptors (Lipinski definition) is 1. The van der Waals surface area contributed by atoms with E-state index in [1.54, 1.807) is 0 Å². The molecule has 0 aliphatic carbocycles. The zero-order chi connectivity index (χ0) is 14.7. The van der Waals surface area contributed by atoms with Crippen molar-refractivity contribution in [2.24, 2.45) is 0 Å². The van der Waals surface area contributed by atoms with Crippen molar-refractivity contribution < 1.29 is 4.79 Å². The molecule has 0 aliphatic rings. The summed E-state index contributed by atoms with van der Waals surface area (Å²) in [5, 5.41) is 0. The van der Waals surface area contributed by atoms with E-state index in [2.05, 4.69) is 38.1 Å². The van der Waals surface area contributed by atoms with E-state index in [0.717, 1.165) is 23.1 Å². The summed E-state index contributed by atoms with van der Waals surface area (Å²) in [5.74, 6) is 0.232. The molecular weight excluding hydrogens is 244 g/mol. The maximum atomic E-state index is 12.3. The lowest BCUT2D eigenvalue weighted by molar-refractivity contribution is 0.0982. The Labute approximate surface area is 121 Å². The van der Waals surface area contributed by atoms with Gasteiger partial charge in [0, 0.05) is 12.0 Å². The lowest BCUT2D eigenvalue weighted by atomic mass is 9.98. The number of ketones is 1. The minimum Gasteiger partial charge on any atom is -0.294 e. The second-order valence-corrected chi connectivity index (χ2v) is 5.80. The van der Waals surface area contributed by atoms with Crippen LogP contribution in [-0.4, -0.2) is 5.78 Å². The maximum absolute atomic E-state index is 12.3. The van der Waals surface area contributed by atoms with Crippen molar-refractivity contribution in [3.63, 3.8) is 0 Å². The molecule has 2 aromatic carbocycles. The van der Waals surface area contributed by atoms with E-state index < -0.39 is 0 Å². The van der Waals surface area contributed by atoms with E-state index in [4.69, 9.17) is 0 Å². The summed E-state index contributed by atoms with van der Waals surface area (Å²) in [4.78, 5) is 12.3. The Morgan fingerprint density at radius 1 is 0.750 bits per heavy atom. The van der Waals surface area contributed by atoms with Gasteiger partial charge < -0.3 is 0 Å². The van der Waals surface area contributed by atoms with Crippen LogP contribution in [0.5, 0.6) is 0 Å². The highest BCUT2D eigenvalue weighted by atomic mass is 16.1. The highest BCUT2D eigenvalue weighted by molar-refractivity contribution is 5.96. The fraction of sp³-hybridized carbons (Fsp3) is 0.316. The lowest BCUT2D eigenvalue weighted by Crippen LogP contribution is -2.02. The Balaban J connectivity index is 2.08. The number of hydrogen-bond donors (Lipinski definition) is 0. The van der Waals surface area contributed by atoms with Crippen molar-refractivity contribution in [2.75, 3.05) is 0 Å². The van der Waals surface area contributed by atoms with Gasteiger partial charge in [-0.25, -0.2) is 0 Å². The third-order valence-corrected chi connectivity index (χ3v) is 3.47. The Bertz CT molecular complexity index is 598. The molecule has 20 heavy (non-hydrogen) atoms. The molecule has 2 rings (SSSR count). The van der Waals surface area contributed by atoms with Gasteiger partial charge >= 0.3 is 0 Å². The Morgan fingerprint density at radius 2 is 1.20 bits per heavy atom. The van der Waals surface area contributed by atoms with Crippen molar-refractivity contribution >= 4 is 5.78 Å². The highest BCUT2D eigenvalue weighted by Gasteiger charge is 2.08. The number of carbonyl (C=O) groups excluding carboxylic acids is 1. The lowest BCUT2D eigenvalue weighted by Gasteiger charge is -2.06. The van der Waals surface area contributed by atoms with Crippen molar-refractivity contribution in [3.8, 4) is 0 Å². The van der Waals surface area contributed by atoms with Gasteiger partial charge in [-0.1, -0.05) is 46.5 Å². The van der Waals surface area contributed by atoms with Crippen molar-refractivity contribution in [2.45, 2.75) is 40.5 Å². The minimum absolute atomic E-state index is 0.232. The largest absolute Gasteiger partial charge is 0.294 e. The first-order valence-corrected chi connectivity index (χ1v) is 7.13. The first-order chi connectivity index (χ1) is 9.44. The molecule has 2 aromatic rings. The zero-order valence-electron chi connectivity index (χ0n) is 12.8. The molecule has 0 spiro atoms. The summed E-state index contributed by atoms with van der Waals surface area (Å²) in [6, 6.07) is 12.6. The third-order valence-electron chi connectivity index (χ3n) is 3.47. The van der Waals surface area contributed by atoms with Crippen LogP contribution in [0.3, 0.4) is 0 Å². The van der Waals surface area contributed by atoms with Gasteiger partial charge in [-0.3, -0.25) is 4.79 Å². The highest BCUT2D eigenvalue weighted by Crippen LogP contribution is 2.15. The minimum atomic E-state index is 0.232. The summed E-state index contributed by atoms with van der Waals surface area (Å²) < 4.78 is 0. The van der Waals surface area contributed by atoms with Crippen LogP contribution in [-0.2, 0) is 6.42 Å². The summed E-state index contributed by atoms with van der Waals surface area (Å²) in [6.45, 7) is 8.27. The summed E-state index contributed by atoms with van der Waals surface area (Å²) >= 11 is 0. The van der Waals surface area contributed by atoms with Crippen LogP contribution in [0.1, 0.15) is 44.6 Å². The first-order valence-electron chi connectivity index (χ1n) is 7.13. The predicted molar refractivity (Wildman–Crippen MR) is 84.5 cm³/mol. The summed E-state index contributed by atoms with van der Waals surface area (Å²) in [5.41, 5.74) is 6.92. The average molecular weight is 266 g/mol. The van der Waals surface area contributed by atoms with E-state index in [9.17, 15) is 4.79 Å². The molecule has 1 heteroatoms. The molecule has 0 saturated carbocycles. The van der Waals surface area contributed by atoms with E-state index in [-0.39, 0.29) is 5.78 Å². The molecule has 104 valence electrons. The Hall–Kier alpha value is -1.89. The molecule has 0 N–H and O–H groups in total.